The number of nitrogens with zero attached hydrogens (tertiary/aromatic N) is 4. The monoisotopic (exact) mass is 409 g/mol. The Labute approximate surface area is 165 Å². The molecule has 0 aliphatic carbocycles. The Balaban J connectivity index is 0.00000261. The van der Waals surface area contributed by atoms with Crippen LogP contribution in [0.1, 0.15) is 11.4 Å². The first-order valence-corrected chi connectivity index (χ1v) is 9.85. The molecule has 7 nitrogen and oxygen atoms in total. The van der Waals surface area contributed by atoms with Crippen molar-refractivity contribution in [2.24, 2.45) is 0 Å². The van der Waals surface area contributed by atoms with Gasteiger partial charge in [-0.3, -0.25) is 0 Å². The zero-order chi connectivity index (χ0) is 18.9. The Bertz CT molecular complexity index is 1030. The van der Waals surface area contributed by atoms with Crippen molar-refractivity contribution >= 4 is 33.7 Å². The van der Waals surface area contributed by atoms with Gasteiger partial charge in [0.1, 0.15) is 0 Å². The molecule has 2 heterocycles. The predicted molar refractivity (Wildman–Crippen MR) is 109 cm³/mol. The SMILES string of the molecule is CNc1nn2c(CCN(C)C)cc(C)nc2c1S(=O)(=O)c1ccccc1.Cl. The molecule has 27 heavy (non-hydrogen) atoms. The van der Waals surface area contributed by atoms with Crippen LogP contribution >= 0.6 is 12.4 Å². The fraction of sp³-hybridized carbons (Fsp3) is 0.333. The van der Waals surface area contributed by atoms with Crippen molar-refractivity contribution in [3.8, 4) is 0 Å². The highest BCUT2D eigenvalue weighted by molar-refractivity contribution is 7.91. The molecule has 146 valence electrons. The molecule has 0 spiro atoms. The average Bonchev–Trinajstić information content (AvgIpc) is 2.99. The molecule has 0 amide bonds. The Kier molecular flexibility index (Phi) is 6.46. The third-order valence-corrected chi connectivity index (χ3v) is 5.93. The predicted octanol–water partition coefficient (Wildman–Crippen LogP) is 2.44. The van der Waals surface area contributed by atoms with Crippen molar-refractivity contribution < 1.29 is 8.42 Å². The lowest BCUT2D eigenvalue weighted by atomic mass is 10.2. The summed E-state index contributed by atoms with van der Waals surface area (Å²) in [5, 5.41) is 7.40. The fourth-order valence-corrected chi connectivity index (χ4v) is 4.36. The van der Waals surface area contributed by atoms with E-state index in [1.54, 1.807) is 41.9 Å². The minimum Gasteiger partial charge on any atom is -0.370 e. The summed E-state index contributed by atoms with van der Waals surface area (Å²) in [6.07, 6.45) is 0.739. The molecule has 0 fully saturated rings. The van der Waals surface area contributed by atoms with E-state index in [0.29, 0.717) is 11.5 Å². The molecule has 9 heteroatoms. The summed E-state index contributed by atoms with van der Waals surface area (Å²) in [4.78, 5) is 6.91. The second kappa shape index (κ2) is 8.24. The van der Waals surface area contributed by atoms with E-state index in [1.165, 1.54) is 0 Å². The summed E-state index contributed by atoms with van der Waals surface area (Å²) in [5.74, 6) is 0.304. The van der Waals surface area contributed by atoms with Crippen molar-refractivity contribution in [3.63, 3.8) is 0 Å². The van der Waals surface area contributed by atoms with Crippen molar-refractivity contribution in [3.05, 3.63) is 47.8 Å². The van der Waals surface area contributed by atoms with Gasteiger partial charge in [-0.2, -0.15) is 0 Å². The lowest BCUT2D eigenvalue weighted by molar-refractivity contribution is 0.410. The Morgan fingerprint density at radius 1 is 1.19 bits per heavy atom. The summed E-state index contributed by atoms with van der Waals surface area (Å²) in [6, 6.07) is 10.3. The third kappa shape index (κ3) is 4.07. The van der Waals surface area contributed by atoms with E-state index in [2.05, 4.69) is 20.3 Å². The van der Waals surface area contributed by atoms with E-state index in [1.807, 2.05) is 27.1 Å². The molecular weight excluding hydrogens is 386 g/mol. The highest BCUT2D eigenvalue weighted by Gasteiger charge is 2.29. The molecule has 3 aromatic rings. The van der Waals surface area contributed by atoms with E-state index in [4.69, 9.17) is 0 Å². The van der Waals surface area contributed by atoms with Crippen LogP contribution in [-0.4, -0.2) is 55.6 Å². The van der Waals surface area contributed by atoms with Crippen molar-refractivity contribution in [2.75, 3.05) is 33.0 Å². The maximum absolute atomic E-state index is 13.2. The molecule has 0 aliphatic rings. The number of halogens is 1. The lowest BCUT2D eigenvalue weighted by Gasteiger charge is -2.11. The molecule has 0 unspecified atom stereocenters. The molecule has 3 rings (SSSR count). The van der Waals surface area contributed by atoms with Gasteiger partial charge >= 0.3 is 0 Å². The standard InChI is InChI=1S/C18H23N5O2S.ClH/c1-13-12-14(10-11-22(3)4)23-18(20-13)16(17(19-2)21-23)26(24,25)15-8-6-5-7-9-15;/h5-9,12H,10-11H2,1-4H3,(H,19,21);1H. The smallest absolute Gasteiger partial charge is 0.214 e. The van der Waals surface area contributed by atoms with Crippen LogP contribution in [0.15, 0.2) is 46.2 Å². The second-order valence-electron chi connectivity index (χ2n) is 6.42. The van der Waals surface area contributed by atoms with Gasteiger partial charge in [0.25, 0.3) is 0 Å². The van der Waals surface area contributed by atoms with Gasteiger partial charge in [0.05, 0.1) is 4.90 Å². The number of anilines is 1. The number of aryl methyl sites for hydroxylation is 1. The van der Waals surface area contributed by atoms with Gasteiger partial charge in [-0.05, 0) is 39.2 Å². The number of sulfone groups is 1. The lowest BCUT2D eigenvalue weighted by Crippen LogP contribution is -2.17. The highest BCUT2D eigenvalue weighted by Crippen LogP contribution is 2.31. The first-order chi connectivity index (χ1) is 12.3. The van der Waals surface area contributed by atoms with E-state index < -0.39 is 9.84 Å². The number of likely N-dealkylation sites (N-methyl/N-ethyl adjacent to an activating group) is 1. The molecule has 0 aliphatic heterocycles. The van der Waals surface area contributed by atoms with Crippen LogP contribution in [0, 0.1) is 6.92 Å². The Morgan fingerprint density at radius 2 is 1.85 bits per heavy atom. The number of benzene rings is 1. The van der Waals surface area contributed by atoms with Crippen LogP contribution in [0.25, 0.3) is 5.65 Å². The van der Waals surface area contributed by atoms with Crippen LogP contribution in [-0.2, 0) is 16.3 Å². The Hall–Kier alpha value is -2.16. The topological polar surface area (TPSA) is 79.6 Å². The summed E-state index contributed by atoms with van der Waals surface area (Å²) in [7, 11) is 1.91. The maximum atomic E-state index is 13.2. The third-order valence-electron chi connectivity index (χ3n) is 4.12. The molecule has 0 radical (unpaired) electrons. The molecule has 1 aromatic carbocycles. The number of rotatable bonds is 6. The average molecular weight is 410 g/mol. The fourth-order valence-electron chi connectivity index (χ4n) is 2.84. The summed E-state index contributed by atoms with van der Waals surface area (Å²) < 4.78 is 28.1. The van der Waals surface area contributed by atoms with Crippen LogP contribution < -0.4 is 5.32 Å². The highest BCUT2D eigenvalue weighted by atomic mass is 35.5. The van der Waals surface area contributed by atoms with Gasteiger partial charge < -0.3 is 10.2 Å². The minimum atomic E-state index is -3.75. The van der Waals surface area contributed by atoms with Gasteiger partial charge in [-0.25, -0.2) is 17.9 Å². The number of hydrogen-bond acceptors (Lipinski definition) is 6. The zero-order valence-corrected chi connectivity index (χ0v) is 17.4. The number of hydrogen-bond donors (Lipinski definition) is 1. The van der Waals surface area contributed by atoms with Crippen molar-refractivity contribution in [1.29, 1.82) is 0 Å². The van der Waals surface area contributed by atoms with E-state index in [0.717, 1.165) is 24.4 Å². The van der Waals surface area contributed by atoms with E-state index in [-0.39, 0.29) is 22.2 Å². The minimum absolute atomic E-state index is 0. The van der Waals surface area contributed by atoms with Gasteiger partial charge in [0, 0.05) is 31.4 Å². The summed E-state index contributed by atoms with van der Waals surface area (Å²) in [5.41, 5.74) is 2.04. The molecule has 0 atom stereocenters. The molecule has 0 bridgehead atoms. The van der Waals surface area contributed by atoms with Crippen LogP contribution in [0.3, 0.4) is 0 Å². The van der Waals surface area contributed by atoms with Crippen LogP contribution in [0.5, 0.6) is 0 Å². The summed E-state index contributed by atoms with van der Waals surface area (Å²) >= 11 is 0. The first kappa shape index (κ1) is 21.1. The van der Waals surface area contributed by atoms with Crippen molar-refractivity contribution in [2.45, 2.75) is 23.1 Å². The number of nitrogens with one attached hydrogen (secondary N) is 1. The zero-order valence-electron chi connectivity index (χ0n) is 15.8. The van der Waals surface area contributed by atoms with E-state index in [9.17, 15) is 8.42 Å². The molecule has 0 saturated heterocycles. The largest absolute Gasteiger partial charge is 0.370 e. The number of fused-ring (bicyclic) bond motifs is 1. The second-order valence-corrected chi connectivity index (χ2v) is 8.31. The van der Waals surface area contributed by atoms with Crippen LogP contribution in [0.4, 0.5) is 5.82 Å². The molecule has 0 saturated carbocycles. The van der Waals surface area contributed by atoms with Crippen LogP contribution in [0.2, 0.25) is 0 Å². The first-order valence-electron chi connectivity index (χ1n) is 8.36. The van der Waals surface area contributed by atoms with Gasteiger partial charge in [-0.1, -0.05) is 18.2 Å². The Morgan fingerprint density at radius 3 is 2.44 bits per heavy atom. The van der Waals surface area contributed by atoms with Crippen molar-refractivity contribution in [1.82, 2.24) is 19.5 Å². The van der Waals surface area contributed by atoms with Gasteiger partial charge in [0.15, 0.2) is 16.4 Å². The molecule has 1 N–H and O–H groups in total. The van der Waals surface area contributed by atoms with E-state index >= 15 is 0 Å². The quantitative estimate of drug-likeness (QED) is 0.673. The molecule has 2 aromatic heterocycles. The van der Waals surface area contributed by atoms with Gasteiger partial charge in [0.2, 0.25) is 9.84 Å². The number of aromatic nitrogens is 3. The normalized spacial score (nSPS) is 11.6. The summed E-state index contributed by atoms with van der Waals surface area (Å²) in [6.45, 7) is 2.69. The van der Waals surface area contributed by atoms with Gasteiger partial charge in [-0.15, -0.1) is 17.5 Å². The maximum Gasteiger partial charge on any atom is 0.214 e. The molecular formula is C18H24ClN5O2S.